The monoisotopic (exact) mass is 324 g/mol. The van der Waals surface area contributed by atoms with Gasteiger partial charge < -0.3 is 15.3 Å². The summed E-state index contributed by atoms with van der Waals surface area (Å²) in [5, 5.41) is 13.3. The van der Waals surface area contributed by atoms with E-state index in [1.54, 1.807) is 0 Å². The summed E-state index contributed by atoms with van der Waals surface area (Å²) in [5.41, 5.74) is 3.88. The Morgan fingerprint density at radius 1 is 0.875 bits per heavy atom. The quantitative estimate of drug-likeness (QED) is 0.870. The van der Waals surface area contributed by atoms with Crippen molar-refractivity contribution in [2.45, 2.75) is 44.9 Å². The van der Waals surface area contributed by atoms with E-state index in [1.807, 2.05) is 0 Å². The third-order valence-corrected chi connectivity index (χ3v) is 5.02. The second-order valence-corrected chi connectivity index (χ2v) is 6.83. The molecule has 0 aliphatic carbocycles. The van der Waals surface area contributed by atoms with Crippen LogP contribution in [-0.2, 0) is 0 Å². The number of nitrogens with one attached hydrogen (secondary N) is 1. The third kappa shape index (κ3) is 4.16. The van der Waals surface area contributed by atoms with Crippen LogP contribution in [-0.4, -0.2) is 24.3 Å². The molecule has 128 valence electrons. The summed E-state index contributed by atoms with van der Waals surface area (Å²) >= 11 is 0. The highest BCUT2D eigenvalue weighted by atomic mass is 16.3. The molecule has 2 aromatic carbocycles. The van der Waals surface area contributed by atoms with Crippen molar-refractivity contribution in [1.82, 2.24) is 5.32 Å². The van der Waals surface area contributed by atoms with Crippen LogP contribution in [0.4, 0.5) is 5.69 Å². The highest BCUT2D eigenvalue weighted by Crippen LogP contribution is 2.24. The predicted octanol–water partition coefficient (Wildman–Crippen LogP) is 4.06. The summed E-state index contributed by atoms with van der Waals surface area (Å²) in [6.07, 6.45) is 1.62. The number of piperidine rings is 1. The lowest BCUT2D eigenvalue weighted by atomic mass is 10.0. The lowest BCUT2D eigenvalue weighted by molar-refractivity contribution is 0.145. The summed E-state index contributed by atoms with van der Waals surface area (Å²) in [4.78, 5) is 2.36. The molecule has 1 aliphatic heterocycles. The van der Waals surface area contributed by atoms with E-state index < -0.39 is 0 Å². The van der Waals surface area contributed by atoms with Crippen LogP contribution in [0.25, 0.3) is 0 Å². The zero-order chi connectivity index (χ0) is 16.9. The van der Waals surface area contributed by atoms with E-state index in [2.05, 4.69) is 78.7 Å². The van der Waals surface area contributed by atoms with Gasteiger partial charge in [-0.25, -0.2) is 0 Å². The van der Waals surface area contributed by atoms with Gasteiger partial charge in [0.05, 0.1) is 6.10 Å². The van der Waals surface area contributed by atoms with Crippen LogP contribution in [0.3, 0.4) is 0 Å². The zero-order valence-corrected chi connectivity index (χ0v) is 14.7. The number of nitrogens with zero attached hydrogens (tertiary/aromatic N) is 1. The number of aliphatic hydroxyl groups excluding tert-OH is 1. The Morgan fingerprint density at radius 3 is 2.00 bits per heavy atom. The van der Waals surface area contributed by atoms with Crippen molar-refractivity contribution in [3.8, 4) is 0 Å². The summed E-state index contributed by atoms with van der Waals surface area (Å²) in [6.45, 7) is 6.31. The van der Waals surface area contributed by atoms with Crippen molar-refractivity contribution in [1.29, 1.82) is 0 Å². The molecule has 2 atom stereocenters. The van der Waals surface area contributed by atoms with Crippen LogP contribution in [0, 0.1) is 0 Å². The number of aliphatic hydroxyl groups is 1. The fourth-order valence-electron chi connectivity index (χ4n) is 3.41. The average molecular weight is 324 g/mol. The molecule has 2 unspecified atom stereocenters. The summed E-state index contributed by atoms with van der Waals surface area (Å²) in [7, 11) is 0. The van der Waals surface area contributed by atoms with Gasteiger partial charge in [0, 0.05) is 30.9 Å². The minimum Gasteiger partial charge on any atom is -0.393 e. The Morgan fingerprint density at radius 2 is 1.42 bits per heavy atom. The molecule has 3 nitrogen and oxygen atoms in total. The summed E-state index contributed by atoms with van der Waals surface area (Å²) in [6, 6.07) is 20.0. The average Bonchev–Trinajstić information content (AvgIpc) is 2.63. The van der Waals surface area contributed by atoms with Gasteiger partial charge >= 0.3 is 0 Å². The van der Waals surface area contributed by atoms with Gasteiger partial charge in [-0.15, -0.1) is 0 Å². The van der Waals surface area contributed by atoms with Crippen molar-refractivity contribution >= 4 is 5.69 Å². The first-order valence-corrected chi connectivity index (χ1v) is 8.97. The van der Waals surface area contributed by atoms with Gasteiger partial charge in [-0.05, 0) is 49.9 Å². The smallest absolute Gasteiger partial charge is 0.0574 e. The van der Waals surface area contributed by atoms with Crippen molar-refractivity contribution in [3.05, 3.63) is 65.7 Å². The zero-order valence-electron chi connectivity index (χ0n) is 14.7. The Bertz CT molecular complexity index is 618. The largest absolute Gasteiger partial charge is 0.393 e. The maximum Gasteiger partial charge on any atom is 0.0574 e. The maximum atomic E-state index is 9.63. The number of rotatable bonds is 5. The number of hydrogen-bond acceptors (Lipinski definition) is 3. The lowest BCUT2D eigenvalue weighted by Gasteiger charge is -2.31. The molecule has 1 fully saturated rings. The molecule has 2 aromatic rings. The number of hydrogen-bond donors (Lipinski definition) is 2. The van der Waals surface area contributed by atoms with Crippen LogP contribution in [0.1, 0.15) is 49.9 Å². The Labute approximate surface area is 145 Å². The highest BCUT2D eigenvalue weighted by molar-refractivity contribution is 5.48. The minimum absolute atomic E-state index is 0.121. The molecule has 0 spiro atoms. The standard InChI is InChI=1S/C21H28N2O/c1-16(18-6-4-3-5-7-18)22-17(2)19-8-10-20(11-9-19)23-14-12-21(24)13-15-23/h3-11,16-17,21-22,24H,12-15H2,1-2H3. The first-order chi connectivity index (χ1) is 11.6. The normalized spacial score (nSPS) is 18.4. The van der Waals surface area contributed by atoms with Gasteiger partial charge in [-0.3, -0.25) is 0 Å². The third-order valence-electron chi connectivity index (χ3n) is 5.02. The molecule has 1 aliphatic rings. The van der Waals surface area contributed by atoms with Gasteiger partial charge in [0.1, 0.15) is 0 Å². The van der Waals surface area contributed by atoms with E-state index in [1.165, 1.54) is 16.8 Å². The topological polar surface area (TPSA) is 35.5 Å². The van der Waals surface area contributed by atoms with Gasteiger partial charge in [0.25, 0.3) is 0 Å². The first-order valence-electron chi connectivity index (χ1n) is 8.97. The van der Waals surface area contributed by atoms with Crippen LogP contribution in [0.5, 0.6) is 0 Å². The number of anilines is 1. The lowest BCUT2D eigenvalue weighted by Crippen LogP contribution is -2.35. The van der Waals surface area contributed by atoms with Crippen LogP contribution >= 0.6 is 0 Å². The molecule has 1 saturated heterocycles. The van der Waals surface area contributed by atoms with Gasteiger partial charge in [-0.1, -0.05) is 42.5 Å². The number of benzene rings is 2. The van der Waals surface area contributed by atoms with Crippen LogP contribution in [0.15, 0.2) is 54.6 Å². The van der Waals surface area contributed by atoms with E-state index in [0.717, 1.165) is 25.9 Å². The molecule has 0 amide bonds. The molecule has 1 heterocycles. The Kier molecular flexibility index (Phi) is 5.54. The molecular formula is C21H28N2O. The van der Waals surface area contributed by atoms with Crippen LogP contribution < -0.4 is 10.2 Å². The van der Waals surface area contributed by atoms with Gasteiger partial charge in [0.2, 0.25) is 0 Å². The van der Waals surface area contributed by atoms with Gasteiger partial charge in [-0.2, -0.15) is 0 Å². The molecule has 3 heteroatoms. The summed E-state index contributed by atoms with van der Waals surface area (Å²) in [5.74, 6) is 0. The molecule has 2 N–H and O–H groups in total. The highest BCUT2D eigenvalue weighted by Gasteiger charge is 2.17. The molecule has 0 aromatic heterocycles. The second kappa shape index (κ2) is 7.82. The molecule has 0 radical (unpaired) electrons. The van der Waals surface area contributed by atoms with Crippen molar-refractivity contribution < 1.29 is 5.11 Å². The maximum absolute atomic E-state index is 9.63. The van der Waals surface area contributed by atoms with Crippen molar-refractivity contribution in [2.24, 2.45) is 0 Å². The molecular weight excluding hydrogens is 296 g/mol. The van der Waals surface area contributed by atoms with Gasteiger partial charge in [0.15, 0.2) is 0 Å². The van der Waals surface area contributed by atoms with Crippen LogP contribution in [0.2, 0.25) is 0 Å². The fourth-order valence-corrected chi connectivity index (χ4v) is 3.41. The predicted molar refractivity (Wildman–Crippen MR) is 100 cm³/mol. The van der Waals surface area contributed by atoms with Crippen molar-refractivity contribution in [3.63, 3.8) is 0 Å². The van der Waals surface area contributed by atoms with E-state index >= 15 is 0 Å². The van der Waals surface area contributed by atoms with Crippen molar-refractivity contribution in [2.75, 3.05) is 18.0 Å². The fraction of sp³-hybridized carbons (Fsp3) is 0.429. The Balaban J connectivity index is 1.60. The van der Waals surface area contributed by atoms with E-state index in [4.69, 9.17) is 0 Å². The van der Waals surface area contributed by atoms with E-state index in [-0.39, 0.29) is 6.10 Å². The molecule has 0 bridgehead atoms. The first kappa shape index (κ1) is 17.0. The molecule has 24 heavy (non-hydrogen) atoms. The molecule has 0 saturated carbocycles. The minimum atomic E-state index is -0.121. The Hall–Kier alpha value is -1.84. The van der Waals surface area contributed by atoms with E-state index in [9.17, 15) is 5.11 Å². The summed E-state index contributed by atoms with van der Waals surface area (Å²) < 4.78 is 0. The SMILES string of the molecule is CC(NC(C)c1ccc(N2CCC(O)CC2)cc1)c1ccccc1. The van der Waals surface area contributed by atoms with E-state index in [0.29, 0.717) is 12.1 Å². The second-order valence-electron chi connectivity index (χ2n) is 6.83. The molecule has 3 rings (SSSR count).